The number of benzene rings is 3. The molecule has 3 aromatic carbocycles. The number of rotatable bonds is 8. The first-order valence-corrected chi connectivity index (χ1v) is 12.6. The molecule has 0 bridgehead atoms. The van der Waals surface area contributed by atoms with E-state index >= 15 is 0 Å². The molecule has 1 aromatic heterocycles. The van der Waals surface area contributed by atoms with Crippen molar-refractivity contribution in [2.75, 3.05) is 6.54 Å². The maximum absolute atomic E-state index is 13.6. The van der Waals surface area contributed by atoms with E-state index in [1.165, 1.54) is 0 Å². The van der Waals surface area contributed by atoms with Crippen LogP contribution in [0.25, 0.3) is 11.0 Å². The Balaban J connectivity index is 1.41. The SMILES string of the molecule is CC(C)N(Cc1ccccc1)C(=O)Cn1c(C2CC(=O)N(Cc3ccccc3)C2)nc2ccccc21. The standard InChI is InChI=1S/C30H32N4O2/c1-22(2)33(19-24-13-7-4-8-14-24)29(36)21-34-27-16-10-9-15-26(27)31-30(34)25-17-28(35)32(20-25)18-23-11-5-3-6-12-23/h3-16,22,25H,17-21H2,1-2H3. The van der Waals surface area contributed by atoms with Crippen molar-refractivity contribution in [3.63, 3.8) is 0 Å². The van der Waals surface area contributed by atoms with E-state index in [2.05, 4.69) is 0 Å². The quantitative estimate of drug-likeness (QED) is 0.357. The van der Waals surface area contributed by atoms with Gasteiger partial charge in [0.15, 0.2) is 0 Å². The Kier molecular flexibility index (Phi) is 6.85. The molecule has 0 radical (unpaired) electrons. The molecule has 0 spiro atoms. The highest BCUT2D eigenvalue weighted by Gasteiger charge is 2.34. The minimum absolute atomic E-state index is 0.0451. The number of hydrogen-bond donors (Lipinski definition) is 0. The lowest BCUT2D eigenvalue weighted by atomic mass is 10.1. The van der Waals surface area contributed by atoms with Crippen LogP contribution in [0.15, 0.2) is 84.9 Å². The molecular weight excluding hydrogens is 448 g/mol. The lowest BCUT2D eigenvalue weighted by Crippen LogP contribution is -2.39. The lowest BCUT2D eigenvalue weighted by molar-refractivity contribution is -0.134. The van der Waals surface area contributed by atoms with Crippen molar-refractivity contribution in [1.82, 2.24) is 19.4 Å². The van der Waals surface area contributed by atoms with Gasteiger partial charge in [0.2, 0.25) is 11.8 Å². The van der Waals surface area contributed by atoms with Crippen molar-refractivity contribution in [2.45, 2.75) is 51.9 Å². The highest BCUT2D eigenvalue weighted by atomic mass is 16.2. The van der Waals surface area contributed by atoms with E-state index in [1.807, 2.05) is 113 Å². The van der Waals surface area contributed by atoms with E-state index in [1.54, 1.807) is 0 Å². The fourth-order valence-corrected chi connectivity index (χ4v) is 5.04. The summed E-state index contributed by atoms with van der Waals surface area (Å²) < 4.78 is 2.03. The molecule has 2 heterocycles. The molecule has 1 aliphatic heterocycles. The van der Waals surface area contributed by atoms with Crippen molar-refractivity contribution < 1.29 is 9.59 Å². The number of para-hydroxylation sites is 2. The van der Waals surface area contributed by atoms with Gasteiger partial charge in [0.1, 0.15) is 12.4 Å². The number of nitrogens with zero attached hydrogens (tertiary/aromatic N) is 4. The molecular formula is C30H32N4O2. The molecule has 5 rings (SSSR count). The van der Waals surface area contributed by atoms with Crippen LogP contribution in [0.4, 0.5) is 0 Å². The van der Waals surface area contributed by atoms with Crippen molar-refractivity contribution >= 4 is 22.8 Å². The summed E-state index contributed by atoms with van der Waals surface area (Å²) in [5, 5.41) is 0. The molecule has 184 valence electrons. The molecule has 1 unspecified atom stereocenters. The van der Waals surface area contributed by atoms with Gasteiger partial charge >= 0.3 is 0 Å². The minimum Gasteiger partial charge on any atom is -0.338 e. The molecule has 4 aromatic rings. The van der Waals surface area contributed by atoms with Crippen LogP contribution >= 0.6 is 0 Å². The monoisotopic (exact) mass is 480 g/mol. The van der Waals surface area contributed by atoms with Gasteiger partial charge in [0, 0.05) is 38.0 Å². The van der Waals surface area contributed by atoms with Gasteiger partial charge in [-0.2, -0.15) is 0 Å². The summed E-state index contributed by atoms with van der Waals surface area (Å²) in [6, 6.07) is 28.1. The van der Waals surface area contributed by atoms with Gasteiger partial charge < -0.3 is 14.4 Å². The molecule has 1 saturated heterocycles. The molecule has 0 aliphatic carbocycles. The van der Waals surface area contributed by atoms with Gasteiger partial charge in [-0.05, 0) is 37.1 Å². The van der Waals surface area contributed by atoms with Crippen LogP contribution in [0.5, 0.6) is 0 Å². The fourth-order valence-electron chi connectivity index (χ4n) is 5.04. The van der Waals surface area contributed by atoms with E-state index in [0.717, 1.165) is 28.0 Å². The topological polar surface area (TPSA) is 58.4 Å². The average Bonchev–Trinajstić information content (AvgIpc) is 3.43. The van der Waals surface area contributed by atoms with Crippen molar-refractivity contribution in [1.29, 1.82) is 0 Å². The molecule has 0 saturated carbocycles. The summed E-state index contributed by atoms with van der Waals surface area (Å²) in [5.41, 5.74) is 4.00. The third-order valence-electron chi connectivity index (χ3n) is 6.91. The molecule has 6 nitrogen and oxygen atoms in total. The van der Waals surface area contributed by atoms with Gasteiger partial charge in [0.25, 0.3) is 0 Å². The molecule has 2 amide bonds. The van der Waals surface area contributed by atoms with Crippen molar-refractivity contribution in [3.8, 4) is 0 Å². The van der Waals surface area contributed by atoms with Gasteiger partial charge in [-0.1, -0.05) is 72.8 Å². The van der Waals surface area contributed by atoms with E-state index in [-0.39, 0.29) is 30.3 Å². The summed E-state index contributed by atoms with van der Waals surface area (Å²) >= 11 is 0. The van der Waals surface area contributed by atoms with Crippen LogP contribution in [-0.4, -0.2) is 43.8 Å². The predicted octanol–water partition coefficient (Wildman–Crippen LogP) is 4.99. The predicted molar refractivity (Wildman–Crippen MR) is 141 cm³/mol. The highest BCUT2D eigenvalue weighted by Crippen LogP contribution is 2.31. The second-order valence-corrected chi connectivity index (χ2v) is 9.81. The van der Waals surface area contributed by atoms with Crippen molar-refractivity contribution in [2.24, 2.45) is 0 Å². The summed E-state index contributed by atoms with van der Waals surface area (Å²) in [5.74, 6) is 0.935. The number of likely N-dealkylation sites (tertiary alicyclic amines) is 1. The Hall–Kier alpha value is -3.93. The van der Waals surface area contributed by atoms with E-state index in [4.69, 9.17) is 4.98 Å². The molecule has 36 heavy (non-hydrogen) atoms. The van der Waals surface area contributed by atoms with Gasteiger partial charge in [-0.25, -0.2) is 4.98 Å². The third kappa shape index (κ3) is 5.03. The first kappa shape index (κ1) is 23.8. The number of amides is 2. The first-order chi connectivity index (χ1) is 17.5. The second kappa shape index (κ2) is 10.4. The summed E-state index contributed by atoms with van der Waals surface area (Å²) in [6.07, 6.45) is 0.405. The van der Waals surface area contributed by atoms with Crippen LogP contribution in [0, 0.1) is 0 Å². The number of hydrogen-bond acceptors (Lipinski definition) is 3. The summed E-state index contributed by atoms with van der Waals surface area (Å²) in [4.78, 5) is 35.3. The summed E-state index contributed by atoms with van der Waals surface area (Å²) in [7, 11) is 0. The first-order valence-electron chi connectivity index (χ1n) is 12.6. The number of carbonyl (C=O) groups excluding carboxylic acids is 2. The van der Waals surface area contributed by atoms with Crippen LogP contribution in [0.3, 0.4) is 0 Å². The molecule has 1 aliphatic rings. The smallest absolute Gasteiger partial charge is 0.243 e. The number of carbonyl (C=O) groups is 2. The normalized spacial score (nSPS) is 15.7. The third-order valence-corrected chi connectivity index (χ3v) is 6.91. The molecule has 1 fully saturated rings. The van der Waals surface area contributed by atoms with Gasteiger partial charge in [-0.3, -0.25) is 9.59 Å². The second-order valence-electron chi connectivity index (χ2n) is 9.81. The van der Waals surface area contributed by atoms with Crippen LogP contribution < -0.4 is 0 Å². The molecule has 6 heteroatoms. The van der Waals surface area contributed by atoms with E-state index in [9.17, 15) is 9.59 Å². The number of aromatic nitrogens is 2. The van der Waals surface area contributed by atoms with Crippen LogP contribution in [-0.2, 0) is 29.2 Å². The van der Waals surface area contributed by atoms with Gasteiger partial charge in [0.05, 0.1) is 11.0 Å². The fraction of sp³-hybridized carbons (Fsp3) is 0.300. The van der Waals surface area contributed by atoms with E-state index in [0.29, 0.717) is 26.1 Å². The van der Waals surface area contributed by atoms with Crippen LogP contribution in [0.1, 0.15) is 43.1 Å². The Morgan fingerprint density at radius 3 is 2.28 bits per heavy atom. The van der Waals surface area contributed by atoms with Crippen LogP contribution in [0.2, 0.25) is 0 Å². The van der Waals surface area contributed by atoms with E-state index < -0.39 is 0 Å². The Morgan fingerprint density at radius 2 is 1.58 bits per heavy atom. The minimum atomic E-state index is -0.0527. The zero-order chi connectivity index (χ0) is 25.1. The number of fused-ring (bicyclic) bond motifs is 1. The molecule has 0 N–H and O–H groups in total. The Morgan fingerprint density at radius 1 is 0.944 bits per heavy atom. The number of imidazole rings is 1. The van der Waals surface area contributed by atoms with Crippen molar-refractivity contribution in [3.05, 3.63) is 102 Å². The average molecular weight is 481 g/mol. The van der Waals surface area contributed by atoms with Gasteiger partial charge in [-0.15, -0.1) is 0 Å². The zero-order valence-electron chi connectivity index (χ0n) is 20.9. The largest absolute Gasteiger partial charge is 0.338 e. The lowest BCUT2D eigenvalue weighted by Gasteiger charge is -2.28. The maximum atomic E-state index is 13.6. The summed E-state index contributed by atoms with van der Waals surface area (Å²) in [6.45, 7) is 6.04. The molecule has 1 atom stereocenters. The maximum Gasteiger partial charge on any atom is 0.243 e. The Bertz CT molecular complexity index is 1350. The zero-order valence-corrected chi connectivity index (χ0v) is 20.9. The Labute approximate surface area is 212 Å². The highest BCUT2D eigenvalue weighted by molar-refractivity contribution is 5.83.